The summed E-state index contributed by atoms with van der Waals surface area (Å²) in [6.07, 6.45) is -1.10. The molecule has 0 bridgehead atoms. The van der Waals surface area contributed by atoms with Crippen LogP contribution in [0.15, 0.2) is 42.5 Å². The fourth-order valence-corrected chi connectivity index (χ4v) is 6.43. The molecule has 2 aromatic rings. The predicted molar refractivity (Wildman–Crippen MR) is 122 cm³/mol. The van der Waals surface area contributed by atoms with Gasteiger partial charge in [-0.15, -0.1) is 0 Å². The number of rotatable bonds is 7. The van der Waals surface area contributed by atoms with Crippen LogP contribution < -0.4 is 26.4 Å². The van der Waals surface area contributed by atoms with Gasteiger partial charge in [-0.1, -0.05) is 0 Å². The molecule has 1 saturated carbocycles. The molecule has 2 aromatic carbocycles. The Hall–Kier alpha value is -0.980. The van der Waals surface area contributed by atoms with Gasteiger partial charge >= 0.3 is 160 Å². The second-order valence-electron chi connectivity index (χ2n) is 8.98. The molecule has 4 rings (SSSR count). The molecule has 1 aliphatic carbocycles. The predicted octanol–water partition coefficient (Wildman–Crippen LogP) is -0.868. The number of halogens is 2. The van der Waals surface area contributed by atoms with Crippen molar-refractivity contribution in [1.29, 1.82) is 0 Å². The normalized spacial score (nSPS) is 32.0. The molecule has 0 spiro atoms. The van der Waals surface area contributed by atoms with Crippen LogP contribution in [0.25, 0.3) is 0 Å². The molecule has 188 valence electrons. The summed E-state index contributed by atoms with van der Waals surface area (Å²) in [5.41, 5.74) is 2.45. The first-order valence-corrected chi connectivity index (χ1v) is 14.1. The summed E-state index contributed by atoms with van der Waals surface area (Å²) in [5.74, 6) is 0.791. The Kier molecular flexibility index (Phi) is 9.08. The van der Waals surface area contributed by atoms with Gasteiger partial charge in [-0.05, 0) is 0 Å². The van der Waals surface area contributed by atoms with Crippen LogP contribution in [-0.2, 0) is 11.2 Å². The number of ether oxygens (including phenoxy) is 2. The molecular weight excluding hydrogens is 575 g/mol. The van der Waals surface area contributed by atoms with Crippen LogP contribution in [-0.4, -0.2) is 64.9 Å². The maximum absolute atomic E-state index is 10.4. The molecule has 7 nitrogen and oxygen atoms in total. The van der Waals surface area contributed by atoms with Crippen molar-refractivity contribution in [2.24, 2.45) is 0 Å². The maximum Gasteiger partial charge on any atom is 0.113 e. The van der Waals surface area contributed by atoms with Gasteiger partial charge in [0, 0.05) is 0 Å². The summed E-state index contributed by atoms with van der Waals surface area (Å²) in [5, 5.41) is 40.6. The second-order valence-corrected chi connectivity index (χ2v) is 11.5. The molecule has 1 saturated heterocycles. The van der Waals surface area contributed by atoms with Crippen molar-refractivity contribution >= 4 is 11.6 Å². The minimum absolute atomic E-state index is 0.0852. The minimum atomic E-state index is -1.43. The third-order valence-corrected chi connectivity index (χ3v) is 9.15. The number of alkyl halides is 1. The number of hydrogen-bond donors (Lipinski definition) is 5. The Balaban J connectivity index is 1.46. The SMILES string of the molecule is OC[C@H]1O[C@@H](c2ccc(Cl)c(Cc3ccc(OC4CCCCC4[I-]O)cc3)c2)[C@H](O)[C@@H](O)[C@@H]1O. The molecule has 2 aliphatic rings. The number of aliphatic hydroxyl groups is 4. The minimum Gasteiger partial charge on any atom is -0.388 e. The third kappa shape index (κ3) is 5.87. The molecule has 2 unspecified atom stereocenters. The maximum atomic E-state index is 10.4. The standard InChI is InChI=1S/C25H31ClIO7/c26-18-10-7-15(25-24(31)23(30)22(29)21(13-28)34-25)12-16(18)11-14-5-8-17(9-6-14)33-20-4-2-1-3-19(20)27-32/h5-10,12,19-25,28-32H,1-4,11,13H2/q-1/t19?,20?,21-,22-,23+,24-,25+/m1/s1. The Morgan fingerprint density at radius 3 is 2.41 bits per heavy atom. The number of hydrogen-bond acceptors (Lipinski definition) is 7. The molecule has 1 aliphatic heterocycles. The molecule has 0 radical (unpaired) electrons. The van der Waals surface area contributed by atoms with Crippen LogP contribution in [0.5, 0.6) is 5.75 Å². The van der Waals surface area contributed by atoms with Crippen LogP contribution in [0, 0.1) is 0 Å². The van der Waals surface area contributed by atoms with E-state index in [1.807, 2.05) is 30.3 Å². The molecule has 1 heterocycles. The van der Waals surface area contributed by atoms with E-state index in [-0.39, 0.29) is 10.0 Å². The van der Waals surface area contributed by atoms with E-state index in [1.165, 1.54) is 0 Å². The van der Waals surface area contributed by atoms with Gasteiger partial charge in [0.05, 0.1) is 6.61 Å². The van der Waals surface area contributed by atoms with E-state index in [4.69, 9.17) is 21.1 Å². The molecule has 9 heteroatoms. The summed E-state index contributed by atoms with van der Waals surface area (Å²) < 4.78 is 21.9. The van der Waals surface area contributed by atoms with Crippen molar-refractivity contribution in [3.8, 4) is 5.75 Å². The van der Waals surface area contributed by atoms with Crippen LogP contribution in [0.1, 0.15) is 48.5 Å². The summed E-state index contributed by atoms with van der Waals surface area (Å²) in [6.45, 7) is -0.474. The van der Waals surface area contributed by atoms with Crippen molar-refractivity contribution < 1.29 is 55.0 Å². The molecule has 5 N–H and O–H groups in total. The average Bonchev–Trinajstić information content (AvgIpc) is 2.86. The molecule has 2 fully saturated rings. The first-order valence-electron chi connectivity index (χ1n) is 11.5. The van der Waals surface area contributed by atoms with Gasteiger partial charge in [0.25, 0.3) is 0 Å². The van der Waals surface area contributed by atoms with E-state index >= 15 is 0 Å². The van der Waals surface area contributed by atoms with Crippen molar-refractivity contribution in [3.63, 3.8) is 0 Å². The van der Waals surface area contributed by atoms with Gasteiger partial charge in [0.2, 0.25) is 0 Å². The summed E-state index contributed by atoms with van der Waals surface area (Å²) in [4.78, 5) is 0. The number of aliphatic hydroxyl groups excluding tert-OH is 4. The first kappa shape index (κ1) is 26.1. The Bertz CT molecular complexity index is 941. The van der Waals surface area contributed by atoms with Gasteiger partial charge in [-0.25, -0.2) is 0 Å². The zero-order valence-electron chi connectivity index (χ0n) is 18.6. The van der Waals surface area contributed by atoms with Crippen LogP contribution in [0.2, 0.25) is 5.02 Å². The Morgan fingerprint density at radius 1 is 0.971 bits per heavy atom. The zero-order valence-corrected chi connectivity index (χ0v) is 21.5. The fraction of sp³-hybridized carbons (Fsp3) is 0.520. The van der Waals surface area contributed by atoms with E-state index in [0.29, 0.717) is 17.0 Å². The molecule has 34 heavy (non-hydrogen) atoms. The van der Waals surface area contributed by atoms with Crippen LogP contribution in [0.3, 0.4) is 0 Å². The Labute approximate surface area is 215 Å². The second kappa shape index (κ2) is 11.8. The number of benzene rings is 2. The average molecular weight is 606 g/mol. The van der Waals surface area contributed by atoms with Crippen molar-refractivity contribution in [2.75, 3.05) is 6.61 Å². The fourth-order valence-electron chi connectivity index (χ4n) is 4.66. The monoisotopic (exact) mass is 605 g/mol. The van der Waals surface area contributed by atoms with E-state index in [0.717, 1.165) is 42.6 Å². The van der Waals surface area contributed by atoms with Gasteiger partial charge in [0.1, 0.15) is 24.4 Å². The molecular formula is C25H31ClIO7-. The van der Waals surface area contributed by atoms with E-state index in [9.17, 15) is 23.9 Å². The third-order valence-electron chi connectivity index (χ3n) is 6.64. The molecule has 0 aromatic heterocycles. The first-order chi connectivity index (χ1) is 16.4. The summed E-state index contributed by atoms with van der Waals surface area (Å²) in [7, 11) is 0. The van der Waals surface area contributed by atoms with Crippen molar-refractivity contribution in [1.82, 2.24) is 0 Å². The molecule has 0 amide bonds. The molecule has 7 atom stereocenters. The summed E-state index contributed by atoms with van der Waals surface area (Å²) >= 11 is 5.61. The van der Waals surface area contributed by atoms with E-state index in [2.05, 4.69) is 0 Å². The topological polar surface area (TPSA) is 120 Å². The largest absolute Gasteiger partial charge is 0.388 e. The quantitative estimate of drug-likeness (QED) is 0.206. The van der Waals surface area contributed by atoms with Crippen LogP contribution in [0.4, 0.5) is 0 Å². The van der Waals surface area contributed by atoms with E-state index in [1.54, 1.807) is 12.1 Å². The van der Waals surface area contributed by atoms with Crippen molar-refractivity contribution in [3.05, 3.63) is 64.2 Å². The van der Waals surface area contributed by atoms with E-state index < -0.39 is 58.7 Å². The smallest absolute Gasteiger partial charge is 0.113 e. The zero-order chi connectivity index (χ0) is 24.2. The van der Waals surface area contributed by atoms with Gasteiger partial charge in [-0.3, -0.25) is 0 Å². The van der Waals surface area contributed by atoms with Crippen molar-refractivity contribution in [2.45, 2.75) is 72.7 Å². The van der Waals surface area contributed by atoms with Crippen LogP contribution >= 0.6 is 11.6 Å². The van der Waals surface area contributed by atoms with Gasteiger partial charge in [-0.2, -0.15) is 0 Å². The van der Waals surface area contributed by atoms with Gasteiger partial charge in [0.15, 0.2) is 0 Å². The summed E-state index contributed by atoms with van der Waals surface area (Å²) in [6, 6.07) is 13.1. The Morgan fingerprint density at radius 2 is 1.71 bits per heavy atom. The van der Waals surface area contributed by atoms with Gasteiger partial charge < -0.3 is 25.2 Å².